The normalized spacial score (nSPS) is 29.0. The average Bonchev–Trinajstić information content (AvgIpc) is 3.12. The summed E-state index contributed by atoms with van der Waals surface area (Å²) in [6.07, 6.45) is -5.12. The van der Waals surface area contributed by atoms with E-state index in [0.717, 1.165) is 16.8 Å². The van der Waals surface area contributed by atoms with Crippen LogP contribution in [-0.2, 0) is 18.9 Å². The van der Waals surface area contributed by atoms with Gasteiger partial charge in [0.25, 0.3) is 11.4 Å². The number of alkyl halides is 1. The first-order valence-electron chi connectivity index (χ1n) is 8.26. The molecule has 0 aliphatic carbocycles. The van der Waals surface area contributed by atoms with Gasteiger partial charge in [-0.3, -0.25) is 14.3 Å². The maximum Gasteiger partial charge on any atom is 0.509 e. The van der Waals surface area contributed by atoms with Gasteiger partial charge in [-0.15, -0.1) is 0 Å². The van der Waals surface area contributed by atoms with Crippen molar-refractivity contribution in [1.82, 2.24) is 14.5 Å². The fourth-order valence-corrected chi connectivity index (χ4v) is 2.94. The molecule has 0 saturated carbocycles. The fourth-order valence-electron chi connectivity index (χ4n) is 2.94. The standard InChI is InChI=1S/C15H18FN3O8/c1-3-18(4-2)13(22)24-7-15(16)10-9(25-14(23)26-10)11(27-15)19-6-5-8(20)17-12(19)21/h5-6,9-11H,3-4,7H2,1-2H3,(H,17,20,21)/t9-,10+,11-,15-/m1/s1. The van der Waals surface area contributed by atoms with Crippen LogP contribution in [0.5, 0.6) is 0 Å². The Balaban J connectivity index is 1.84. The molecule has 27 heavy (non-hydrogen) atoms. The number of nitrogens with zero attached hydrogens (tertiary/aromatic N) is 2. The summed E-state index contributed by atoms with van der Waals surface area (Å²) < 4.78 is 36.1. The van der Waals surface area contributed by atoms with Crippen molar-refractivity contribution in [3.8, 4) is 0 Å². The number of rotatable bonds is 5. The molecule has 1 aromatic heterocycles. The largest absolute Gasteiger partial charge is 0.509 e. The van der Waals surface area contributed by atoms with E-state index in [-0.39, 0.29) is 0 Å². The van der Waals surface area contributed by atoms with Gasteiger partial charge in [0.05, 0.1) is 0 Å². The number of nitrogens with one attached hydrogen (secondary N) is 1. The first-order chi connectivity index (χ1) is 12.8. The van der Waals surface area contributed by atoms with Gasteiger partial charge < -0.3 is 23.8 Å². The molecule has 0 aromatic carbocycles. The van der Waals surface area contributed by atoms with E-state index in [4.69, 9.17) is 18.9 Å². The predicted molar refractivity (Wildman–Crippen MR) is 84.7 cm³/mol. The molecule has 11 nitrogen and oxygen atoms in total. The molecule has 1 N–H and O–H groups in total. The Morgan fingerprint density at radius 2 is 2.04 bits per heavy atom. The summed E-state index contributed by atoms with van der Waals surface area (Å²) in [4.78, 5) is 49.9. The lowest BCUT2D eigenvalue weighted by atomic mass is 10.1. The first kappa shape index (κ1) is 18.9. The van der Waals surface area contributed by atoms with Gasteiger partial charge in [-0.2, -0.15) is 0 Å². The number of carbonyl (C=O) groups excluding carboxylic acids is 2. The van der Waals surface area contributed by atoms with Crippen molar-refractivity contribution in [2.45, 2.75) is 38.1 Å². The van der Waals surface area contributed by atoms with Crippen LogP contribution in [0.2, 0.25) is 0 Å². The third-order valence-electron chi connectivity index (χ3n) is 4.32. The molecule has 2 aliphatic rings. The Hall–Kier alpha value is -2.89. The summed E-state index contributed by atoms with van der Waals surface area (Å²) in [5.74, 6) is -2.74. The van der Waals surface area contributed by atoms with Gasteiger partial charge in [-0.1, -0.05) is 0 Å². The van der Waals surface area contributed by atoms with Crippen molar-refractivity contribution >= 4 is 12.2 Å². The van der Waals surface area contributed by atoms with E-state index in [1.165, 1.54) is 4.90 Å². The molecule has 0 radical (unpaired) electrons. The van der Waals surface area contributed by atoms with Crippen molar-refractivity contribution in [2.24, 2.45) is 0 Å². The monoisotopic (exact) mass is 387 g/mol. The highest BCUT2D eigenvalue weighted by Crippen LogP contribution is 2.44. The zero-order valence-electron chi connectivity index (χ0n) is 14.5. The van der Waals surface area contributed by atoms with Gasteiger partial charge in [0.2, 0.25) is 6.10 Å². The smallest absolute Gasteiger partial charge is 0.443 e. The molecular formula is C15H18FN3O8. The van der Waals surface area contributed by atoms with Gasteiger partial charge in [0.15, 0.2) is 18.9 Å². The number of H-pyrrole nitrogens is 1. The van der Waals surface area contributed by atoms with Crippen LogP contribution in [0.15, 0.2) is 21.9 Å². The van der Waals surface area contributed by atoms with Crippen LogP contribution in [0.4, 0.5) is 14.0 Å². The molecule has 1 amide bonds. The molecule has 12 heteroatoms. The Morgan fingerprint density at radius 1 is 1.33 bits per heavy atom. The summed E-state index contributed by atoms with van der Waals surface area (Å²) in [7, 11) is 0. The predicted octanol–water partition coefficient (Wildman–Crippen LogP) is 0.114. The number of hydrogen-bond acceptors (Lipinski definition) is 8. The molecular weight excluding hydrogens is 369 g/mol. The zero-order chi connectivity index (χ0) is 19.8. The van der Waals surface area contributed by atoms with Gasteiger partial charge >= 0.3 is 17.9 Å². The minimum atomic E-state index is -2.74. The molecule has 3 heterocycles. The van der Waals surface area contributed by atoms with E-state index in [0.29, 0.717) is 13.1 Å². The Morgan fingerprint density at radius 3 is 2.67 bits per heavy atom. The van der Waals surface area contributed by atoms with Crippen molar-refractivity contribution < 1.29 is 32.9 Å². The second-order valence-electron chi connectivity index (χ2n) is 5.91. The molecule has 0 spiro atoms. The summed E-state index contributed by atoms with van der Waals surface area (Å²) in [5.41, 5.74) is -1.55. The number of carbonyl (C=O) groups is 2. The van der Waals surface area contributed by atoms with Crippen LogP contribution in [0.25, 0.3) is 0 Å². The third-order valence-corrected chi connectivity index (χ3v) is 4.32. The molecule has 4 atom stereocenters. The van der Waals surface area contributed by atoms with Crippen LogP contribution in [-0.4, -0.2) is 64.5 Å². The number of aromatic nitrogens is 2. The zero-order valence-corrected chi connectivity index (χ0v) is 14.5. The Kier molecular flexibility index (Phi) is 4.91. The lowest BCUT2D eigenvalue weighted by molar-refractivity contribution is -0.211. The van der Waals surface area contributed by atoms with E-state index >= 15 is 4.39 Å². The van der Waals surface area contributed by atoms with Gasteiger partial charge in [0, 0.05) is 25.4 Å². The van der Waals surface area contributed by atoms with Crippen molar-refractivity contribution in [1.29, 1.82) is 0 Å². The highest BCUT2D eigenvalue weighted by molar-refractivity contribution is 5.67. The van der Waals surface area contributed by atoms with Crippen LogP contribution in [0.3, 0.4) is 0 Å². The second kappa shape index (κ2) is 7.02. The summed E-state index contributed by atoms with van der Waals surface area (Å²) in [6, 6.07) is 1.02. The lowest BCUT2D eigenvalue weighted by Gasteiger charge is -2.25. The molecule has 148 valence electrons. The van der Waals surface area contributed by atoms with Gasteiger partial charge in [-0.25, -0.2) is 18.8 Å². The third kappa shape index (κ3) is 3.39. The molecule has 2 saturated heterocycles. The highest BCUT2D eigenvalue weighted by atomic mass is 19.2. The molecule has 0 unspecified atom stereocenters. The maximum atomic E-state index is 15.4. The van der Waals surface area contributed by atoms with Crippen LogP contribution < -0.4 is 11.2 Å². The number of hydrogen-bond donors (Lipinski definition) is 1. The highest BCUT2D eigenvalue weighted by Gasteiger charge is 2.65. The van der Waals surface area contributed by atoms with E-state index in [2.05, 4.69) is 0 Å². The minimum Gasteiger partial charge on any atom is -0.443 e. The number of amides is 1. The Labute approximate surface area is 151 Å². The SMILES string of the molecule is CCN(CC)C(=O)OC[C@@]1(F)O[C@@H](n2ccc(=O)[nH]c2=O)[C@@H]2OC(=O)O[C@@H]21. The molecule has 2 aliphatic heterocycles. The van der Waals surface area contributed by atoms with E-state index in [9.17, 15) is 19.2 Å². The number of halogens is 1. The fraction of sp³-hybridized carbons (Fsp3) is 0.600. The van der Waals surface area contributed by atoms with E-state index in [1.807, 2.05) is 4.98 Å². The van der Waals surface area contributed by atoms with Crippen LogP contribution >= 0.6 is 0 Å². The number of fused-ring (bicyclic) bond motifs is 1. The molecule has 2 fully saturated rings. The van der Waals surface area contributed by atoms with Crippen LogP contribution in [0, 0.1) is 0 Å². The minimum absolute atomic E-state index is 0.356. The van der Waals surface area contributed by atoms with Crippen molar-refractivity contribution in [2.75, 3.05) is 19.7 Å². The van der Waals surface area contributed by atoms with E-state index < -0.39 is 54.4 Å². The summed E-state index contributed by atoms with van der Waals surface area (Å²) in [5, 5.41) is 0. The van der Waals surface area contributed by atoms with Gasteiger partial charge in [-0.05, 0) is 13.8 Å². The lowest BCUT2D eigenvalue weighted by Crippen LogP contribution is -2.44. The molecule has 0 bridgehead atoms. The maximum absolute atomic E-state index is 15.4. The average molecular weight is 387 g/mol. The first-order valence-corrected chi connectivity index (χ1v) is 8.26. The topological polar surface area (TPSA) is 129 Å². The number of ether oxygens (including phenoxy) is 4. The quantitative estimate of drug-likeness (QED) is 0.705. The molecule has 3 rings (SSSR count). The number of aromatic amines is 1. The van der Waals surface area contributed by atoms with E-state index in [1.54, 1.807) is 13.8 Å². The Bertz CT molecular complexity index is 850. The summed E-state index contributed by atoms with van der Waals surface area (Å²) in [6.45, 7) is 3.28. The second-order valence-corrected chi connectivity index (χ2v) is 5.91. The van der Waals surface area contributed by atoms with Crippen LogP contribution in [0.1, 0.15) is 20.1 Å². The van der Waals surface area contributed by atoms with Crippen molar-refractivity contribution in [3.63, 3.8) is 0 Å². The summed E-state index contributed by atoms with van der Waals surface area (Å²) >= 11 is 0. The molecule has 1 aromatic rings. The van der Waals surface area contributed by atoms with Crippen molar-refractivity contribution in [3.05, 3.63) is 33.1 Å². The van der Waals surface area contributed by atoms with Gasteiger partial charge in [0.1, 0.15) is 0 Å².